The summed E-state index contributed by atoms with van der Waals surface area (Å²) in [6.45, 7) is 8.33. The van der Waals surface area contributed by atoms with E-state index in [2.05, 4.69) is 70.9 Å². The van der Waals surface area contributed by atoms with Crippen molar-refractivity contribution in [2.75, 3.05) is 20.1 Å². The van der Waals surface area contributed by atoms with Crippen LogP contribution in [0.4, 0.5) is 0 Å². The zero-order valence-electron chi connectivity index (χ0n) is 18.4. The maximum atomic E-state index is 4.36. The Labute approximate surface area is 196 Å². The summed E-state index contributed by atoms with van der Waals surface area (Å²) in [5, 5.41) is 15.4. The Bertz CT molecular complexity index is 946. The number of benzene rings is 1. The number of fused-ring (bicyclic) bond motifs is 1. The van der Waals surface area contributed by atoms with Crippen molar-refractivity contribution in [1.29, 1.82) is 0 Å². The van der Waals surface area contributed by atoms with Gasteiger partial charge < -0.3 is 10.6 Å². The molecule has 0 unspecified atom stereocenters. The Morgan fingerprint density at radius 2 is 1.83 bits per heavy atom. The topological polar surface area (TPSA) is 66.6 Å². The maximum Gasteiger partial charge on any atom is 0.191 e. The molecule has 3 aromatic rings. The fraction of sp³-hybridized carbons (Fsp3) is 0.435. The second-order valence-corrected chi connectivity index (χ2v) is 7.94. The SMILES string of the molecule is CCc1ccc(C(C)(C)CNC(=NC)NCCCc2nnc3ccccn23)cc1.I. The van der Waals surface area contributed by atoms with Gasteiger partial charge in [0.05, 0.1) is 0 Å². The van der Waals surface area contributed by atoms with Crippen LogP contribution in [0, 0.1) is 0 Å². The van der Waals surface area contributed by atoms with Crippen LogP contribution in [0.5, 0.6) is 0 Å². The van der Waals surface area contributed by atoms with Gasteiger partial charge in [-0.2, -0.15) is 0 Å². The van der Waals surface area contributed by atoms with E-state index in [1.54, 1.807) is 0 Å². The van der Waals surface area contributed by atoms with Gasteiger partial charge in [-0.3, -0.25) is 9.39 Å². The smallest absolute Gasteiger partial charge is 0.191 e. The largest absolute Gasteiger partial charge is 0.356 e. The maximum absolute atomic E-state index is 4.36. The molecule has 2 heterocycles. The quantitative estimate of drug-likeness (QED) is 0.204. The third-order valence-corrected chi connectivity index (χ3v) is 5.32. The highest BCUT2D eigenvalue weighted by molar-refractivity contribution is 14.0. The minimum absolute atomic E-state index is 0. The molecule has 0 saturated heterocycles. The number of guanidine groups is 1. The van der Waals surface area contributed by atoms with E-state index in [1.165, 1.54) is 11.1 Å². The van der Waals surface area contributed by atoms with Gasteiger partial charge in [0.15, 0.2) is 11.6 Å². The van der Waals surface area contributed by atoms with Crippen LogP contribution in [0.1, 0.15) is 44.1 Å². The Hall–Kier alpha value is -2.16. The van der Waals surface area contributed by atoms with Gasteiger partial charge in [-0.15, -0.1) is 34.2 Å². The molecule has 0 radical (unpaired) electrons. The second-order valence-electron chi connectivity index (χ2n) is 7.94. The number of aryl methyl sites for hydroxylation is 2. The third-order valence-electron chi connectivity index (χ3n) is 5.32. The first-order chi connectivity index (χ1) is 14.0. The van der Waals surface area contributed by atoms with Crippen LogP contribution in [0.25, 0.3) is 5.65 Å². The van der Waals surface area contributed by atoms with Crippen molar-refractivity contribution in [3.63, 3.8) is 0 Å². The van der Waals surface area contributed by atoms with E-state index >= 15 is 0 Å². The van der Waals surface area contributed by atoms with Gasteiger partial charge in [-0.05, 0) is 36.1 Å². The Morgan fingerprint density at radius 3 is 2.53 bits per heavy atom. The van der Waals surface area contributed by atoms with Crippen molar-refractivity contribution in [3.8, 4) is 0 Å². The highest BCUT2D eigenvalue weighted by atomic mass is 127. The monoisotopic (exact) mass is 520 g/mol. The van der Waals surface area contributed by atoms with E-state index in [4.69, 9.17) is 0 Å². The van der Waals surface area contributed by atoms with Crippen LogP contribution in [-0.4, -0.2) is 40.7 Å². The van der Waals surface area contributed by atoms with E-state index < -0.39 is 0 Å². The molecule has 6 nitrogen and oxygen atoms in total. The average Bonchev–Trinajstić information content (AvgIpc) is 3.16. The van der Waals surface area contributed by atoms with Gasteiger partial charge in [-0.1, -0.05) is 51.1 Å². The number of hydrogen-bond donors (Lipinski definition) is 2. The van der Waals surface area contributed by atoms with Crippen molar-refractivity contribution >= 4 is 35.6 Å². The lowest BCUT2D eigenvalue weighted by Crippen LogP contribution is -2.43. The summed E-state index contributed by atoms with van der Waals surface area (Å²) in [7, 11) is 1.81. The molecule has 0 amide bonds. The minimum Gasteiger partial charge on any atom is -0.356 e. The van der Waals surface area contributed by atoms with Crippen LogP contribution in [0.15, 0.2) is 53.7 Å². The molecule has 1 aromatic carbocycles. The third kappa shape index (κ3) is 6.17. The molecule has 0 atom stereocenters. The van der Waals surface area contributed by atoms with E-state index in [-0.39, 0.29) is 29.4 Å². The van der Waals surface area contributed by atoms with Gasteiger partial charge in [0.1, 0.15) is 5.82 Å². The summed E-state index contributed by atoms with van der Waals surface area (Å²) >= 11 is 0. The summed E-state index contributed by atoms with van der Waals surface area (Å²) in [6, 6.07) is 14.9. The molecule has 0 aliphatic carbocycles. The van der Waals surface area contributed by atoms with Crippen molar-refractivity contribution in [1.82, 2.24) is 25.2 Å². The standard InChI is InChI=1S/C23H32N6.HI/c1-5-18-11-13-19(14-12-18)23(2,3)17-26-22(24-4)25-15-8-10-21-28-27-20-9-6-7-16-29(20)21;/h6-7,9,11-14,16H,5,8,10,15,17H2,1-4H3,(H2,24,25,26);1H. The second kappa shape index (κ2) is 11.3. The molecule has 2 aromatic heterocycles. The highest BCUT2D eigenvalue weighted by Gasteiger charge is 2.20. The molecule has 0 aliphatic heterocycles. The predicted molar refractivity (Wildman–Crippen MR) is 135 cm³/mol. The van der Waals surface area contributed by atoms with E-state index in [9.17, 15) is 0 Å². The van der Waals surface area contributed by atoms with Gasteiger partial charge in [-0.25, -0.2) is 0 Å². The van der Waals surface area contributed by atoms with Gasteiger partial charge in [0.25, 0.3) is 0 Å². The summed E-state index contributed by atoms with van der Waals surface area (Å²) in [5.41, 5.74) is 3.61. The molecule has 0 fully saturated rings. The van der Waals surface area contributed by atoms with Gasteiger partial charge in [0, 0.05) is 38.2 Å². The van der Waals surface area contributed by atoms with Crippen molar-refractivity contribution in [2.24, 2.45) is 4.99 Å². The molecule has 30 heavy (non-hydrogen) atoms. The molecular weight excluding hydrogens is 487 g/mol. The van der Waals surface area contributed by atoms with Crippen molar-refractivity contribution in [2.45, 2.75) is 45.4 Å². The lowest BCUT2D eigenvalue weighted by molar-refractivity contribution is 0.508. The molecule has 7 heteroatoms. The molecule has 162 valence electrons. The molecule has 0 aliphatic rings. The number of nitrogens with zero attached hydrogens (tertiary/aromatic N) is 4. The number of hydrogen-bond acceptors (Lipinski definition) is 3. The highest BCUT2D eigenvalue weighted by Crippen LogP contribution is 2.22. The van der Waals surface area contributed by atoms with Gasteiger partial charge >= 0.3 is 0 Å². The van der Waals surface area contributed by atoms with Crippen LogP contribution in [0.3, 0.4) is 0 Å². The summed E-state index contributed by atoms with van der Waals surface area (Å²) in [6.07, 6.45) is 4.90. The van der Waals surface area contributed by atoms with Crippen LogP contribution in [-0.2, 0) is 18.3 Å². The number of aromatic nitrogens is 3. The zero-order valence-corrected chi connectivity index (χ0v) is 20.7. The fourth-order valence-corrected chi connectivity index (χ4v) is 3.33. The molecule has 0 saturated carbocycles. The molecule has 3 rings (SSSR count). The lowest BCUT2D eigenvalue weighted by atomic mass is 9.84. The fourth-order valence-electron chi connectivity index (χ4n) is 3.33. The average molecular weight is 520 g/mol. The molecule has 0 bridgehead atoms. The van der Waals surface area contributed by atoms with Crippen molar-refractivity contribution < 1.29 is 0 Å². The molecule has 0 spiro atoms. The van der Waals surface area contributed by atoms with Crippen LogP contribution in [0.2, 0.25) is 0 Å². The zero-order chi connectivity index (χ0) is 20.7. The van der Waals surface area contributed by atoms with Crippen LogP contribution >= 0.6 is 24.0 Å². The van der Waals surface area contributed by atoms with E-state index in [0.29, 0.717) is 0 Å². The lowest BCUT2D eigenvalue weighted by Gasteiger charge is -2.27. The Kier molecular flexibility index (Phi) is 9.08. The molecular formula is C23H33IN6. The Balaban J connectivity index is 0.00000320. The first-order valence-electron chi connectivity index (χ1n) is 10.4. The normalized spacial score (nSPS) is 11.9. The number of rotatable bonds is 8. The van der Waals surface area contributed by atoms with Crippen LogP contribution < -0.4 is 10.6 Å². The van der Waals surface area contributed by atoms with E-state index in [1.807, 2.05) is 35.8 Å². The predicted octanol–water partition coefficient (Wildman–Crippen LogP) is 3.99. The minimum atomic E-state index is 0. The first kappa shape index (κ1) is 24.1. The van der Waals surface area contributed by atoms with E-state index in [0.717, 1.165) is 49.8 Å². The van der Waals surface area contributed by atoms with Gasteiger partial charge in [0.2, 0.25) is 0 Å². The summed E-state index contributed by atoms with van der Waals surface area (Å²) < 4.78 is 2.04. The molecule has 2 N–H and O–H groups in total. The summed E-state index contributed by atoms with van der Waals surface area (Å²) in [5.74, 6) is 1.82. The van der Waals surface area contributed by atoms with Crippen molar-refractivity contribution in [3.05, 3.63) is 65.6 Å². The Morgan fingerprint density at radius 1 is 1.07 bits per heavy atom. The first-order valence-corrected chi connectivity index (χ1v) is 10.4. The number of pyridine rings is 1. The summed E-state index contributed by atoms with van der Waals surface area (Å²) in [4.78, 5) is 4.36. The number of halogens is 1. The number of nitrogens with one attached hydrogen (secondary N) is 2. The number of aliphatic imine (C=N–C) groups is 1.